The standard InChI is InChI=1S/C16H17N3O2S/c1-9-12(11(3)21-19-9)8-15(20)17-10(2)16-18-13-6-4-5-7-14(13)22-16/h4-7,10H,8H2,1-3H3,(H,17,20)/t10-/m1/s1. The van der Waals surface area contributed by atoms with E-state index in [4.69, 9.17) is 4.52 Å². The van der Waals surface area contributed by atoms with Crippen LogP contribution in [-0.2, 0) is 11.2 Å². The average Bonchev–Trinajstić information content (AvgIpc) is 3.05. The summed E-state index contributed by atoms with van der Waals surface area (Å²) in [5.41, 5.74) is 2.59. The van der Waals surface area contributed by atoms with Crippen molar-refractivity contribution in [1.82, 2.24) is 15.5 Å². The Hall–Kier alpha value is -2.21. The summed E-state index contributed by atoms with van der Waals surface area (Å²) in [6.45, 7) is 5.61. The Bertz CT molecular complexity index is 769. The molecule has 2 aromatic heterocycles. The van der Waals surface area contributed by atoms with Gasteiger partial charge < -0.3 is 9.84 Å². The molecule has 0 aliphatic carbocycles. The molecule has 0 saturated carbocycles. The zero-order valence-corrected chi connectivity index (χ0v) is 13.5. The minimum Gasteiger partial charge on any atom is -0.361 e. The van der Waals surface area contributed by atoms with Gasteiger partial charge in [0.15, 0.2) is 0 Å². The van der Waals surface area contributed by atoms with E-state index in [1.54, 1.807) is 11.3 Å². The van der Waals surface area contributed by atoms with Gasteiger partial charge >= 0.3 is 0 Å². The van der Waals surface area contributed by atoms with Gasteiger partial charge in [-0.1, -0.05) is 17.3 Å². The zero-order chi connectivity index (χ0) is 15.7. The van der Waals surface area contributed by atoms with Crippen LogP contribution in [-0.4, -0.2) is 16.0 Å². The first-order chi connectivity index (χ1) is 10.5. The number of para-hydroxylation sites is 1. The molecule has 1 aromatic carbocycles. The predicted molar refractivity (Wildman–Crippen MR) is 85.9 cm³/mol. The summed E-state index contributed by atoms with van der Waals surface area (Å²) >= 11 is 1.60. The van der Waals surface area contributed by atoms with Crippen LogP contribution in [0.15, 0.2) is 28.8 Å². The third-order valence-electron chi connectivity index (χ3n) is 3.58. The van der Waals surface area contributed by atoms with Crippen LogP contribution in [0.1, 0.15) is 35.0 Å². The first kappa shape index (κ1) is 14.7. The summed E-state index contributed by atoms with van der Waals surface area (Å²) in [5.74, 6) is 0.640. The van der Waals surface area contributed by atoms with Crippen molar-refractivity contribution in [2.45, 2.75) is 33.2 Å². The van der Waals surface area contributed by atoms with Crippen LogP contribution in [0.4, 0.5) is 0 Å². The average molecular weight is 315 g/mol. The lowest BCUT2D eigenvalue weighted by Gasteiger charge is -2.10. The van der Waals surface area contributed by atoms with Crippen molar-refractivity contribution in [1.29, 1.82) is 0 Å². The lowest BCUT2D eigenvalue weighted by atomic mass is 10.1. The largest absolute Gasteiger partial charge is 0.361 e. The number of carbonyl (C=O) groups is 1. The Morgan fingerprint density at radius 1 is 1.36 bits per heavy atom. The van der Waals surface area contributed by atoms with Gasteiger partial charge in [-0.15, -0.1) is 11.3 Å². The van der Waals surface area contributed by atoms with Gasteiger partial charge in [-0.3, -0.25) is 4.79 Å². The minimum atomic E-state index is -0.120. The van der Waals surface area contributed by atoms with Crippen molar-refractivity contribution in [3.63, 3.8) is 0 Å². The molecule has 0 radical (unpaired) electrons. The van der Waals surface area contributed by atoms with Crippen molar-refractivity contribution in [2.75, 3.05) is 0 Å². The molecular weight excluding hydrogens is 298 g/mol. The maximum Gasteiger partial charge on any atom is 0.225 e. The lowest BCUT2D eigenvalue weighted by molar-refractivity contribution is -0.121. The van der Waals surface area contributed by atoms with Crippen LogP contribution in [0.3, 0.4) is 0 Å². The Labute approximate surface area is 132 Å². The van der Waals surface area contributed by atoms with Crippen molar-refractivity contribution in [3.8, 4) is 0 Å². The van der Waals surface area contributed by atoms with Crippen LogP contribution in [0.2, 0.25) is 0 Å². The molecule has 3 aromatic rings. The molecule has 0 bridgehead atoms. The number of amides is 1. The van der Waals surface area contributed by atoms with E-state index in [-0.39, 0.29) is 18.4 Å². The maximum atomic E-state index is 12.2. The van der Waals surface area contributed by atoms with E-state index in [1.165, 1.54) is 0 Å². The third kappa shape index (κ3) is 2.87. The lowest BCUT2D eigenvalue weighted by Crippen LogP contribution is -2.28. The molecule has 0 saturated heterocycles. The van der Waals surface area contributed by atoms with E-state index in [1.807, 2.05) is 45.0 Å². The summed E-state index contributed by atoms with van der Waals surface area (Å²) in [6.07, 6.45) is 0.274. The fourth-order valence-electron chi connectivity index (χ4n) is 2.34. The number of aromatic nitrogens is 2. The monoisotopic (exact) mass is 315 g/mol. The number of carbonyl (C=O) groups excluding carboxylic acids is 1. The summed E-state index contributed by atoms with van der Waals surface area (Å²) in [4.78, 5) is 16.8. The molecule has 114 valence electrons. The van der Waals surface area contributed by atoms with Gasteiger partial charge in [0.1, 0.15) is 10.8 Å². The molecule has 6 heteroatoms. The minimum absolute atomic E-state index is 0.0545. The van der Waals surface area contributed by atoms with E-state index >= 15 is 0 Å². The molecule has 22 heavy (non-hydrogen) atoms. The third-order valence-corrected chi connectivity index (χ3v) is 4.80. The van der Waals surface area contributed by atoms with E-state index in [2.05, 4.69) is 15.5 Å². The Balaban J connectivity index is 1.70. The van der Waals surface area contributed by atoms with E-state index in [0.29, 0.717) is 5.76 Å². The number of rotatable bonds is 4. The SMILES string of the molecule is Cc1noc(C)c1CC(=O)N[C@H](C)c1nc2ccccc2s1. The van der Waals surface area contributed by atoms with Crippen LogP contribution in [0, 0.1) is 13.8 Å². The number of benzene rings is 1. The van der Waals surface area contributed by atoms with Gasteiger partial charge in [-0.2, -0.15) is 0 Å². The van der Waals surface area contributed by atoms with Crippen molar-refractivity contribution in [3.05, 3.63) is 46.3 Å². The van der Waals surface area contributed by atoms with Gasteiger partial charge in [0.05, 0.1) is 28.4 Å². The number of hydrogen-bond donors (Lipinski definition) is 1. The molecule has 0 spiro atoms. The number of thiazole rings is 1. The van der Waals surface area contributed by atoms with E-state index < -0.39 is 0 Å². The summed E-state index contributed by atoms with van der Waals surface area (Å²) < 4.78 is 6.21. The van der Waals surface area contributed by atoms with Crippen LogP contribution in [0.5, 0.6) is 0 Å². The molecular formula is C16H17N3O2S. The molecule has 0 aliphatic rings. The smallest absolute Gasteiger partial charge is 0.225 e. The molecule has 0 aliphatic heterocycles. The summed E-state index contributed by atoms with van der Waals surface area (Å²) in [5, 5.41) is 7.77. The highest BCUT2D eigenvalue weighted by atomic mass is 32.1. The molecule has 0 unspecified atom stereocenters. The van der Waals surface area contributed by atoms with Gasteiger partial charge in [-0.25, -0.2) is 4.98 Å². The number of nitrogens with zero attached hydrogens (tertiary/aromatic N) is 2. The molecule has 1 atom stereocenters. The Morgan fingerprint density at radius 2 is 2.14 bits per heavy atom. The second-order valence-corrected chi connectivity index (χ2v) is 6.35. The second-order valence-electron chi connectivity index (χ2n) is 5.29. The Kier molecular flexibility index (Phi) is 3.94. The normalized spacial score (nSPS) is 12.5. The first-order valence-electron chi connectivity index (χ1n) is 7.11. The van der Waals surface area contributed by atoms with Gasteiger partial charge in [0.25, 0.3) is 0 Å². The highest BCUT2D eigenvalue weighted by Crippen LogP contribution is 2.26. The molecule has 0 fully saturated rings. The highest BCUT2D eigenvalue weighted by molar-refractivity contribution is 7.18. The summed E-state index contributed by atoms with van der Waals surface area (Å²) in [7, 11) is 0. The van der Waals surface area contributed by atoms with Crippen molar-refractivity contribution < 1.29 is 9.32 Å². The maximum absolute atomic E-state index is 12.2. The Morgan fingerprint density at radius 3 is 2.82 bits per heavy atom. The number of aryl methyl sites for hydroxylation is 2. The number of fused-ring (bicyclic) bond motifs is 1. The first-order valence-corrected chi connectivity index (χ1v) is 7.93. The van der Waals surface area contributed by atoms with E-state index in [0.717, 1.165) is 26.5 Å². The van der Waals surface area contributed by atoms with Gasteiger partial charge in [0.2, 0.25) is 5.91 Å². The molecule has 5 nitrogen and oxygen atoms in total. The molecule has 1 amide bonds. The van der Waals surface area contributed by atoms with Crippen molar-refractivity contribution >= 4 is 27.5 Å². The number of nitrogens with one attached hydrogen (secondary N) is 1. The van der Waals surface area contributed by atoms with E-state index in [9.17, 15) is 4.79 Å². The van der Waals surface area contributed by atoms with Crippen LogP contribution in [0.25, 0.3) is 10.2 Å². The number of hydrogen-bond acceptors (Lipinski definition) is 5. The molecule has 2 heterocycles. The second kappa shape index (κ2) is 5.88. The van der Waals surface area contributed by atoms with Crippen molar-refractivity contribution in [2.24, 2.45) is 0 Å². The zero-order valence-electron chi connectivity index (χ0n) is 12.7. The summed E-state index contributed by atoms with van der Waals surface area (Å²) in [6, 6.07) is 7.85. The molecule has 3 rings (SSSR count). The predicted octanol–water partition coefficient (Wildman–Crippen LogP) is 3.32. The highest BCUT2D eigenvalue weighted by Gasteiger charge is 2.17. The fourth-order valence-corrected chi connectivity index (χ4v) is 3.31. The van der Waals surface area contributed by atoms with Crippen LogP contribution >= 0.6 is 11.3 Å². The molecule has 1 N–H and O–H groups in total. The van der Waals surface area contributed by atoms with Gasteiger partial charge in [-0.05, 0) is 32.9 Å². The fraction of sp³-hybridized carbons (Fsp3) is 0.312. The topological polar surface area (TPSA) is 68.0 Å². The quantitative estimate of drug-likeness (QED) is 0.802. The van der Waals surface area contributed by atoms with Gasteiger partial charge in [0, 0.05) is 5.56 Å². The van der Waals surface area contributed by atoms with Crippen LogP contribution < -0.4 is 5.32 Å².